The molecule has 0 aromatic heterocycles. The van der Waals surface area contributed by atoms with Gasteiger partial charge in [0, 0.05) is 22.9 Å². The maximum absolute atomic E-state index is 12.4. The van der Waals surface area contributed by atoms with Crippen LogP contribution < -0.4 is 15.4 Å². The van der Waals surface area contributed by atoms with E-state index in [1.807, 2.05) is 42.5 Å². The Morgan fingerprint density at radius 2 is 1.81 bits per heavy atom. The zero-order valence-corrected chi connectivity index (χ0v) is 15.5. The Bertz CT molecular complexity index is 942. The molecule has 0 bridgehead atoms. The van der Waals surface area contributed by atoms with Gasteiger partial charge < -0.3 is 20.5 Å². The van der Waals surface area contributed by atoms with Crippen LogP contribution in [0.25, 0.3) is 0 Å². The van der Waals surface area contributed by atoms with Crippen molar-refractivity contribution in [1.82, 2.24) is 0 Å². The number of benzene rings is 3. The molecule has 0 spiro atoms. The minimum Gasteiger partial charge on any atom is -0.507 e. The first-order valence-corrected chi connectivity index (χ1v) is 8.69. The number of hydrogen-bond donors (Lipinski definition) is 3. The second-order valence-corrected chi connectivity index (χ2v) is 6.33. The summed E-state index contributed by atoms with van der Waals surface area (Å²) in [6.45, 7) is 0.596. The summed E-state index contributed by atoms with van der Waals surface area (Å²) in [6.07, 6.45) is 0. The maximum atomic E-state index is 12.4. The highest BCUT2D eigenvalue weighted by Crippen LogP contribution is 2.23. The molecule has 3 aromatic carbocycles. The number of methoxy groups -OCH3 is 1. The molecule has 5 nitrogen and oxygen atoms in total. The van der Waals surface area contributed by atoms with Crippen LogP contribution >= 0.6 is 11.6 Å². The molecule has 0 radical (unpaired) electrons. The van der Waals surface area contributed by atoms with Crippen LogP contribution in [-0.4, -0.2) is 18.1 Å². The summed E-state index contributed by atoms with van der Waals surface area (Å²) in [5, 5.41) is 16.3. The zero-order chi connectivity index (χ0) is 19.2. The van der Waals surface area contributed by atoms with Crippen molar-refractivity contribution in [1.29, 1.82) is 0 Å². The minimum atomic E-state index is -0.421. The summed E-state index contributed by atoms with van der Waals surface area (Å²) in [6, 6.07) is 19.5. The molecule has 0 aliphatic heterocycles. The summed E-state index contributed by atoms with van der Waals surface area (Å²) in [5.74, 6) is 0.263. The number of phenols is 1. The van der Waals surface area contributed by atoms with Crippen molar-refractivity contribution >= 4 is 28.9 Å². The number of halogens is 1. The topological polar surface area (TPSA) is 70.6 Å². The van der Waals surface area contributed by atoms with E-state index in [0.717, 1.165) is 17.0 Å². The number of nitrogens with one attached hydrogen (secondary N) is 2. The molecule has 0 unspecified atom stereocenters. The molecule has 0 atom stereocenters. The van der Waals surface area contributed by atoms with Gasteiger partial charge >= 0.3 is 0 Å². The number of rotatable bonds is 6. The Balaban J connectivity index is 1.66. The van der Waals surface area contributed by atoms with Gasteiger partial charge in [0.1, 0.15) is 11.5 Å². The van der Waals surface area contributed by atoms with Crippen LogP contribution in [0.3, 0.4) is 0 Å². The van der Waals surface area contributed by atoms with E-state index >= 15 is 0 Å². The van der Waals surface area contributed by atoms with Gasteiger partial charge in [0.05, 0.1) is 12.7 Å². The molecule has 1 amide bonds. The van der Waals surface area contributed by atoms with E-state index < -0.39 is 5.91 Å². The number of amides is 1. The Morgan fingerprint density at radius 1 is 1.04 bits per heavy atom. The van der Waals surface area contributed by atoms with Crippen LogP contribution in [0.2, 0.25) is 5.02 Å². The maximum Gasteiger partial charge on any atom is 0.259 e. The number of hydrogen-bond acceptors (Lipinski definition) is 4. The van der Waals surface area contributed by atoms with E-state index in [-0.39, 0.29) is 11.3 Å². The van der Waals surface area contributed by atoms with Gasteiger partial charge in [-0.2, -0.15) is 0 Å². The lowest BCUT2D eigenvalue weighted by Gasteiger charge is -2.10. The van der Waals surface area contributed by atoms with Gasteiger partial charge in [-0.1, -0.05) is 23.7 Å². The Morgan fingerprint density at radius 3 is 2.56 bits per heavy atom. The lowest BCUT2D eigenvalue weighted by atomic mass is 10.1. The highest BCUT2D eigenvalue weighted by Gasteiger charge is 2.12. The number of carbonyl (C=O) groups excluding carboxylic acids is 1. The van der Waals surface area contributed by atoms with Gasteiger partial charge in [-0.3, -0.25) is 4.79 Å². The largest absolute Gasteiger partial charge is 0.507 e. The fraction of sp³-hybridized carbons (Fsp3) is 0.0952. The van der Waals surface area contributed by atoms with Crippen molar-refractivity contribution in [3.05, 3.63) is 82.9 Å². The normalized spacial score (nSPS) is 10.3. The zero-order valence-electron chi connectivity index (χ0n) is 14.7. The van der Waals surface area contributed by atoms with Gasteiger partial charge in [0.25, 0.3) is 5.91 Å². The van der Waals surface area contributed by atoms with Crippen molar-refractivity contribution in [2.45, 2.75) is 6.54 Å². The molecule has 0 fully saturated rings. The van der Waals surface area contributed by atoms with Crippen molar-refractivity contribution in [3.63, 3.8) is 0 Å². The van der Waals surface area contributed by atoms with Gasteiger partial charge in [0.2, 0.25) is 0 Å². The smallest absolute Gasteiger partial charge is 0.259 e. The van der Waals surface area contributed by atoms with Crippen LogP contribution in [0.1, 0.15) is 15.9 Å². The predicted molar refractivity (Wildman–Crippen MR) is 108 cm³/mol. The highest BCUT2D eigenvalue weighted by molar-refractivity contribution is 6.31. The molecule has 27 heavy (non-hydrogen) atoms. The summed E-state index contributed by atoms with van der Waals surface area (Å²) < 4.78 is 5.14. The second-order valence-electron chi connectivity index (χ2n) is 5.90. The molecule has 3 N–H and O–H groups in total. The van der Waals surface area contributed by atoms with Crippen LogP contribution in [0.15, 0.2) is 66.7 Å². The highest BCUT2D eigenvalue weighted by atomic mass is 35.5. The molecule has 138 valence electrons. The average Bonchev–Trinajstić information content (AvgIpc) is 2.69. The van der Waals surface area contributed by atoms with E-state index in [1.54, 1.807) is 13.2 Å². The van der Waals surface area contributed by atoms with E-state index in [4.69, 9.17) is 16.3 Å². The number of phenolic OH excluding ortho intramolecular Hbond substituents is 1. The van der Waals surface area contributed by atoms with E-state index in [2.05, 4.69) is 10.6 Å². The van der Waals surface area contributed by atoms with E-state index in [0.29, 0.717) is 17.3 Å². The van der Waals surface area contributed by atoms with Crippen LogP contribution in [-0.2, 0) is 6.54 Å². The molecule has 0 saturated carbocycles. The second kappa shape index (κ2) is 8.47. The summed E-state index contributed by atoms with van der Waals surface area (Å²) >= 11 is 5.90. The monoisotopic (exact) mass is 382 g/mol. The van der Waals surface area contributed by atoms with Crippen molar-refractivity contribution < 1.29 is 14.6 Å². The number of carbonyl (C=O) groups is 1. The molecule has 3 rings (SSSR count). The first kappa shape index (κ1) is 18.6. The summed E-state index contributed by atoms with van der Waals surface area (Å²) in [7, 11) is 1.63. The SMILES string of the molecule is COc1ccc(NCc2cccc(NC(=O)c3cc(Cl)ccc3O)c2)cc1. The fourth-order valence-electron chi connectivity index (χ4n) is 2.56. The molecule has 3 aromatic rings. The first-order valence-electron chi connectivity index (χ1n) is 8.32. The van der Waals surface area contributed by atoms with E-state index in [9.17, 15) is 9.90 Å². The van der Waals surface area contributed by atoms with Crippen LogP contribution in [0, 0.1) is 0 Å². The van der Waals surface area contributed by atoms with Crippen LogP contribution in [0.5, 0.6) is 11.5 Å². The third-order valence-electron chi connectivity index (χ3n) is 3.97. The van der Waals surface area contributed by atoms with Gasteiger partial charge in [-0.15, -0.1) is 0 Å². The third kappa shape index (κ3) is 4.92. The number of aromatic hydroxyl groups is 1. The molecule has 0 heterocycles. The predicted octanol–water partition coefficient (Wildman–Crippen LogP) is 4.92. The molecular formula is C21H19ClN2O3. The van der Waals surface area contributed by atoms with Gasteiger partial charge in [0.15, 0.2) is 0 Å². The van der Waals surface area contributed by atoms with Gasteiger partial charge in [-0.25, -0.2) is 0 Å². The summed E-state index contributed by atoms with van der Waals surface area (Å²) in [4.78, 5) is 12.4. The Hall–Kier alpha value is -3.18. The third-order valence-corrected chi connectivity index (χ3v) is 4.21. The molecule has 0 saturated heterocycles. The number of anilines is 2. The van der Waals surface area contributed by atoms with Crippen LogP contribution in [0.4, 0.5) is 11.4 Å². The number of ether oxygens (including phenoxy) is 1. The average molecular weight is 383 g/mol. The first-order chi connectivity index (χ1) is 13.0. The van der Waals surface area contributed by atoms with Crippen molar-refractivity contribution in [2.24, 2.45) is 0 Å². The molecular weight excluding hydrogens is 364 g/mol. The lowest BCUT2D eigenvalue weighted by molar-refractivity contribution is 0.102. The molecule has 0 aliphatic rings. The fourth-order valence-corrected chi connectivity index (χ4v) is 2.73. The van der Waals surface area contributed by atoms with Crippen molar-refractivity contribution in [3.8, 4) is 11.5 Å². The van der Waals surface area contributed by atoms with Gasteiger partial charge in [-0.05, 0) is 60.2 Å². The lowest BCUT2D eigenvalue weighted by Crippen LogP contribution is -2.12. The summed E-state index contributed by atoms with van der Waals surface area (Å²) in [5.41, 5.74) is 2.73. The Kier molecular flexibility index (Phi) is 5.84. The standard InChI is InChI=1S/C21H19ClN2O3/c1-27-18-8-6-16(7-9-18)23-13-14-3-2-4-17(11-14)24-21(26)19-12-15(22)5-10-20(19)25/h2-12,23,25H,13H2,1H3,(H,24,26). The minimum absolute atomic E-state index is 0.116. The van der Waals surface area contributed by atoms with E-state index in [1.165, 1.54) is 18.2 Å². The Labute approximate surface area is 162 Å². The van der Waals surface area contributed by atoms with Crippen molar-refractivity contribution in [2.75, 3.05) is 17.7 Å². The molecule has 6 heteroatoms. The molecule has 0 aliphatic carbocycles. The quantitative estimate of drug-likeness (QED) is 0.566.